The van der Waals surface area contributed by atoms with Crippen LogP contribution in [0.4, 0.5) is 0 Å². The van der Waals surface area contributed by atoms with Gasteiger partial charge in [0.15, 0.2) is 5.78 Å². The molecule has 1 rings (SSSR count). The van der Waals surface area contributed by atoms with Gasteiger partial charge in [0.05, 0.1) is 10.4 Å². The minimum atomic E-state index is -0.311. The lowest BCUT2D eigenvalue weighted by Crippen LogP contribution is -2.38. The molecule has 0 aliphatic carbocycles. The van der Waals surface area contributed by atoms with Crippen LogP contribution in [0.3, 0.4) is 0 Å². The van der Waals surface area contributed by atoms with E-state index in [2.05, 4.69) is 21.2 Å². The van der Waals surface area contributed by atoms with E-state index in [0.717, 1.165) is 6.54 Å². The first-order chi connectivity index (χ1) is 4.04. The fourth-order valence-corrected chi connectivity index (χ4v) is 1.65. The molecule has 1 atom stereocenters. The van der Waals surface area contributed by atoms with Crippen LogP contribution in [0.5, 0.6) is 0 Å². The maximum absolute atomic E-state index is 11.1. The van der Waals surface area contributed by atoms with Crippen molar-refractivity contribution in [2.24, 2.45) is 0 Å². The third kappa shape index (κ3) is 1.17. The third-order valence-electron chi connectivity index (χ3n) is 1.62. The van der Waals surface area contributed by atoms with Crippen molar-refractivity contribution in [1.29, 1.82) is 0 Å². The SMILES string of the molecule is CC1(C)NCC(Br)C1=O. The second kappa shape index (κ2) is 2.06. The Morgan fingerprint density at radius 1 is 1.78 bits per heavy atom. The van der Waals surface area contributed by atoms with Crippen LogP contribution in [0, 0.1) is 0 Å². The topological polar surface area (TPSA) is 29.1 Å². The van der Waals surface area contributed by atoms with Gasteiger partial charge in [-0.15, -0.1) is 0 Å². The Balaban J connectivity index is 2.74. The summed E-state index contributed by atoms with van der Waals surface area (Å²) >= 11 is 3.27. The number of carbonyl (C=O) groups excluding carboxylic acids is 1. The zero-order chi connectivity index (χ0) is 7.07. The highest BCUT2D eigenvalue weighted by atomic mass is 79.9. The number of carbonyl (C=O) groups is 1. The van der Waals surface area contributed by atoms with Gasteiger partial charge in [-0.2, -0.15) is 0 Å². The average Bonchev–Trinajstić information content (AvgIpc) is 1.97. The van der Waals surface area contributed by atoms with Crippen LogP contribution in [0.15, 0.2) is 0 Å². The van der Waals surface area contributed by atoms with Gasteiger partial charge in [-0.1, -0.05) is 15.9 Å². The minimum absolute atomic E-state index is 0.0208. The second-order valence-corrected chi connectivity index (χ2v) is 3.94. The maximum atomic E-state index is 11.1. The summed E-state index contributed by atoms with van der Waals surface area (Å²) in [4.78, 5) is 11.1. The Labute approximate surface area is 63.1 Å². The molecule has 0 bridgehead atoms. The van der Waals surface area contributed by atoms with Crippen LogP contribution in [0.1, 0.15) is 13.8 Å². The molecule has 9 heavy (non-hydrogen) atoms. The Morgan fingerprint density at radius 2 is 2.33 bits per heavy atom. The van der Waals surface area contributed by atoms with E-state index in [4.69, 9.17) is 0 Å². The van der Waals surface area contributed by atoms with Crippen LogP contribution in [-0.4, -0.2) is 22.7 Å². The van der Waals surface area contributed by atoms with Crippen molar-refractivity contribution in [3.63, 3.8) is 0 Å². The molecule has 0 aromatic heterocycles. The quantitative estimate of drug-likeness (QED) is 0.572. The van der Waals surface area contributed by atoms with E-state index in [-0.39, 0.29) is 16.1 Å². The number of nitrogens with one attached hydrogen (secondary N) is 1. The molecule has 1 saturated heterocycles. The summed E-state index contributed by atoms with van der Waals surface area (Å²) in [5.41, 5.74) is -0.311. The highest BCUT2D eigenvalue weighted by molar-refractivity contribution is 9.10. The number of rotatable bonds is 0. The Morgan fingerprint density at radius 3 is 2.44 bits per heavy atom. The van der Waals surface area contributed by atoms with E-state index < -0.39 is 0 Å². The largest absolute Gasteiger partial charge is 0.304 e. The molecular weight excluding hydrogens is 182 g/mol. The van der Waals surface area contributed by atoms with Crippen LogP contribution in [-0.2, 0) is 4.79 Å². The molecule has 0 aromatic rings. The van der Waals surface area contributed by atoms with Crippen molar-refractivity contribution >= 4 is 21.7 Å². The number of alkyl halides is 1. The zero-order valence-electron chi connectivity index (χ0n) is 5.57. The van der Waals surface area contributed by atoms with Gasteiger partial charge in [-0.25, -0.2) is 0 Å². The molecule has 3 heteroatoms. The summed E-state index contributed by atoms with van der Waals surface area (Å²) in [5.74, 6) is 0.252. The molecule has 0 spiro atoms. The van der Waals surface area contributed by atoms with Gasteiger partial charge in [0.1, 0.15) is 0 Å². The molecule has 0 amide bonds. The van der Waals surface area contributed by atoms with E-state index in [0.29, 0.717) is 0 Å². The lowest BCUT2D eigenvalue weighted by molar-refractivity contribution is -0.120. The molecule has 1 aliphatic rings. The Kier molecular flexibility index (Phi) is 1.65. The van der Waals surface area contributed by atoms with E-state index in [1.807, 2.05) is 13.8 Å². The molecule has 1 aliphatic heterocycles. The summed E-state index contributed by atoms with van der Waals surface area (Å²) in [7, 11) is 0. The lowest BCUT2D eigenvalue weighted by atomic mass is 10.0. The van der Waals surface area contributed by atoms with Gasteiger partial charge in [-0.3, -0.25) is 4.79 Å². The van der Waals surface area contributed by atoms with Gasteiger partial charge < -0.3 is 5.32 Å². The number of halogens is 1. The first-order valence-electron chi connectivity index (χ1n) is 2.97. The molecule has 0 aromatic carbocycles. The summed E-state index contributed by atoms with van der Waals surface area (Å²) in [6, 6.07) is 0. The van der Waals surface area contributed by atoms with E-state index in [1.165, 1.54) is 0 Å². The standard InChI is InChI=1S/C6H10BrNO/c1-6(2)5(9)4(7)3-8-6/h4,8H,3H2,1-2H3. The van der Waals surface area contributed by atoms with Gasteiger partial charge in [-0.05, 0) is 13.8 Å². The van der Waals surface area contributed by atoms with E-state index in [9.17, 15) is 4.79 Å². The first-order valence-corrected chi connectivity index (χ1v) is 3.89. The fourth-order valence-electron chi connectivity index (χ4n) is 0.916. The summed E-state index contributed by atoms with van der Waals surface area (Å²) < 4.78 is 0. The summed E-state index contributed by atoms with van der Waals surface area (Å²) in [6.45, 7) is 4.55. The van der Waals surface area contributed by atoms with Crippen LogP contribution >= 0.6 is 15.9 Å². The number of hydrogen-bond donors (Lipinski definition) is 1. The average molecular weight is 192 g/mol. The minimum Gasteiger partial charge on any atom is -0.304 e. The molecule has 1 heterocycles. The van der Waals surface area contributed by atoms with Crippen LogP contribution in [0.25, 0.3) is 0 Å². The maximum Gasteiger partial charge on any atom is 0.167 e. The molecular formula is C6H10BrNO. The van der Waals surface area contributed by atoms with Crippen molar-refractivity contribution in [2.75, 3.05) is 6.54 Å². The van der Waals surface area contributed by atoms with Gasteiger partial charge in [0.25, 0.3) is 0 Å². The monoisotopic (exact) mass is 191 g/mol. The number of hydrogen-bond acceptors (Lipinski definition) is 2. The highest BCUT2D eigenvalue weighted by Gasteiger charge is 2.38. The van der Waals surface area contributed by atoms with E-state index in [1.54, 1.807) is 0 Å². The lowest BCUT2D eigenvalue weighted by Gasteiger charge is -2.14. The fraction of sp³-hybridized carbons (Fsp3) is 0.833. The molecule has 52 valence electrons. The van der Waals surface area contributed by atoms with Gasteiger partial charge in [0.2, 0.25) is 0 Å². The molecule has 2 nitrogen and oxygen atoms in total. The van der Waals surface area contributed by atoms with Crippen molar-refractivity contribution < 1.29 is 4.79 Å². The zero-order valence-corrected chi connectivity index (χ0v) is 7.16. The molecule has 1 N–H and O–H groups in total. The van der Waals surface area contributed by atoms with Gasteiger partial charge in [0, 0.05) is 6.54 Å². The second-order valence-electron chi connectivity index (χ2n) is 2.84. The van der Waals surface area contributed by atoms with E-state index >= 15 is 0 Å². The number of Topliss-reactive ketones (excluding diaryl/α,β-unsaturated/α-hetero) is 1. The molecule has 0 radical (unpaired) electrons. The van der Waals surface area contributed by atoms with Crippen molar-refractivity contribution in [1.82, 2.24) is 5.32 Å². The van der Waals surface area contributed by atoms with Crippen molar-refractivity contribution in [2.45, 2.75) is 24.2 Å². The summed E-state index contributed by atoms with van der Waals surface area (Å²) in [6.07, 6.45) is 0. The Bertz CT molecular complexity index is 144. The third-order valence-corrected chi connectivity index (χ3v) is 2.36. The highest BCUT2D eigenvalue weighted by Crippen LogP contribution is 2.18. The normalized spacial score (nSPS) is 33.2. The number of ketones is 1. The van der Waals surface area contributed by atoms with Crippen LogP contribution < -0.4 is 5.32 Å². The molecule has 0 saturated carbocycles. The smallest absolute Gasteiger partial charge is 0.167 e. The van der Waals surface area contributed by atoms with Crippen LogP contribution in [0.2, 0.25) is 0 Å². The van der Waals surface area contributed by atoms with Crippen molar-refractivity contribution in [3.05, 3.63) is 0 Å². The Hall–Kier alpha value is 0.110. The summed E-state index contributed by atoms with van der Waals surface area (Å²) in [5, 5.41) is 3.10. The van der Waals surface area contributed by atoms with Crippen molar-refractivity contribution in [3.8, 4) is 0 Å². The predicted molar refractivity (Wildman–Crippen MR) is 39.8 cm³/mol. The molecule has 1 fully saturated rings. The molecule has 1 unspecified atom stereocenters. The predicted octanol–water partition coefficient (Wildman–Crippen LogP) is 0.701. The van der Waals surface area contributed by atoms with Gasteiger partial charge >= 0.3 is 0 Å². The first kappa shape index (κ1) is 7.22.